The van der Waals surface area contributed by atoms with E-state index in [-0.39, 0.29) is 0 Å². The van der Waals surface area contributed by atoms with Crippen molar-refractivity contribution < 1.29 is 9.53 Å². The third kappa shape index (κ3) is 1.35. The highest BCUT2D eigenvalue weighted by Gasteiger charge is 2.05. The summed E-state index contributed by atoms with van der Waals surface area (Å²) in [6.45, 7) is 0. The Kier molecular flexibility index (Phi) is 2.18. The largest absolute Gasteiger partial charge is 0.495 e. The zero-order valence-electron chi connectivity index (χ0n) is 7.78. The summed E-state index contributed by atoms with van der Waals surface area (Å²) < 4.78 is 5.06. The van der Waals surface area contributed by atoms with E-state index in [1.54, 1.807) is 19.5 Å². The average molecular weight is 190 g/mol. The number of aromatic amines is 1. The molecule has 0 unspecified atom stereocenters. The van der Waals surface area contributed by atoms with Crippen LogP contribution >= 0.6 is 0 Å². The normalized spacial score (nSPS) is 10.4. The van der Waals surface area contributed by atoms with Crippen molar-refractivity contribution in [2.45, 2.75) is 6.42 Å². The molecule has 4 nitrogen and oxygen atoms in total. The molecule has 72 valence electrons. The predicted molar refractivity (Wildman–Crippen MR) is 52.4 cm³/mol. The van der Waals surface area contributed by atoms with Crippen LogP contribution in [0.5, 0.6) is 5.75 Å². The molecule has 1 N–H and O–H groups in total. The molecule has 0 amide bonds. The van der Waals surface area contributed by atoms with Crippen LogP contribution in [0.2, 0.25) is 0 Å². The van der Waals surface area contributed by atoms with E-state index in [1.807, 2.05) is 6.07 Å². The number of nitrogens with one attached hydrogen (secondary N) is 1. The summed E-state index contributed by atoms with van der Waals surface area (Å²) in [7, 11) is 1.59. The first-order chi connectivity index (χ1) is 6.85. The average Bonchev–Trinajstić information content (AvgIpc) is 2.61. The summed E-state index contributed by atoms with van der Waals surface area (Å²) in [4.78, 5) is 17.6. The molecule has 0 aliphatic heterocycles. The van der Waals surface area contributed by atoms with Crippen LogP contribution in [0.4, 0.5) is 0 Å². The fourth-order valence-electron chi connectivity index (χ4n) is 1.41. The number of aldehydes is 1. The summed E-state index contributed by atoms with van der Waals surface area (Å²) in [6, 6.07) is 1.87. The number of pyridine rings is 1. The van der Waals surface area contributed by atoms with Crippen molar-refractivity contribution in [2.24, 2.45) is 0 Å². The van der Waals surface area contributed by atoms with E-state index in [1.165, 1.54) is 0 Å². The number of H-pyrrole nitrogens is 1. The van der Waals surface area contributed by atoms with Gasteiger partial charge < -0.3 is 14.5 Å². The molecule has 2 heterocycles. The van der Waals surface area contributed by atoms with Crippen LogP contribution in [-0.4, -0.2) is 23.4 Å². The number of methoxy groups -OCH3 is 1. The van der Waals surface area contributed by atoms with E-state index in [0.717, 1.165) is 22.9 Å². The van der Waals surface area contributed by atoms with Crippen LogP contribution in [0, 0.1) is 0 Å². The molecule has 2 rings (SSSR count). The molecule has 2 aromatic rings. The number of carbonyl (C=O) groups is 1. The van der Waals surface area contributed by atoms with Gasteiger partial charge in [0.15, 0.2) is 0 Å². The summed E-state index contributed by atoms with van der Waals surface area (Å²) in [5.41, 5.74) is 1.73. The minimum atomic E-state index is 0.398. The van der Waals surface area contributed by atoms with Gasteiger partial charge in [0.25, 0.3) is 0 Å². The zero-order valence-corrected chi connectivity index (χ0v) is 7.78. The van der Waals surface area contributed by atoms with Crippen molar-refractivity contribution in [3.05, 3.63) is 24.0 Å². The number of nitrogens with zero attached hydrogens (tertiary/aromatic N) is 1. The number of hydrogen-bond acceptors (Lipinski definition) is 3. The number of carbonyl (C=O) groups excluding carboxylic acids is 1. The zero-order chi connectivity index (χ0) is 9.97. The van der Waals surface area contributed by atoms with Crippen LogP contribution < -0.4 is 4.74 Å². The first-order valence-corrected chi connectivity index (χ1v) is 4.29. The highest BCUT2D eigenvalue weighted by molar-refractivity contribution is 5.83. The molecule has 0 spiro atoms. The minimum Gasteiger partial charge on any atom is -0.495 e. The van der Waals surface area contributed by atoms with Crippen molar-refractivity contribution in [1.82, 2.24) is 9.97 Å². The number of ether oxygens (including phenoxy) is 1. The molecule has 0 aliphatic carbocycles. The lowest BCUT2D eigenvalue weighted by Gasteiger charge is -1.98. The van der Waals surface area contributed by atoms with Gasteiger partial charge in [-0.1, -0.05) is 0 Å². The van der Waals surface area contributed by atoms with Crippen molar-refractivity contribution >= 4 is 17.3 Å². The Morgan fingerprint density at radius 2 is 2.50 bits per heavy atom. The summed E-state index contributed by atoms with van der Waals surface area (Å²) in [5, 5.41) is 0.941. The molecule has 0 atom stereocenters. The van der Waals surface area contributed by atoms with Gasteiger partial charge in [0.05, 0.1) is 13.3 Å². The lowest BCUT2D eigenvalue weighted by atomic mass is 10.2. The summed E-state index contributed by atoms with van der Waals surface area (Å²) >= 11 is 0. The fourth-order valence-corrected chi connectivity index (χ4v) is 1.41. The number of fused-ring (bicyclic) bond motifs is 1. The Morgan fingerprint density at radius 3 is 3.21 bits per heavy atom. The topological polar surface area (TPSA) is 55.0 Å². The minimum absolute atomic E-state index is 0.398. The molecule has 0 bridgehead atoms. The molecule has 0 aliphatic rings. The monoisotopic (exact) mass is 190 g/mol. The summed E-state index contributed by atoms with van der Waals surface area (Å²) in [5.74, 6) is 0.698. The van der Waals surface area contributed by atoms with Crippen molar-refractivity contribution in [3.63, 3.8) is 0 Å². The second kappa shape index (κ2) is 3.49. The van der Waals surface area contributed by atoms with Gasteiger partial charge in [0.2, 0.25) is 0 Å². The van der Waals surface area contributed by atoms with Gasteiger partial charge >= 0.3 is 0 Å². The summed E-state index contributed by atoms with van der Waals surface area (Å²) in [6.07, 6.45) is 4.71. The maximum Gasteiger partial charge on any atom is 0.137 e. The predicted octanol–water partition coefficient (Wildman–Crippen LogP) is 1.31. The number of aromatic nitrogens is 2. The molecule has 0 saturated carbocycles. The first kappa shape index (κ1) is 8.74. The van der Waals surface area contributed by atoms with E-state index >= 15 is 0 Å². The molecular weight excluding hydrogens is 180 g/mol. The Bertz CT molecular complexity index is 462. The van der Waals surface area contributed by atoms with Crippen LogP contribution in [0.1, 0.15) is 5.56 Å². The molecule has 4 heteroatoms. The van der Waals surface area contributed by atoms with Crippen LogP contribution in [-0.2, 0) is 11.2 Å². The Morgan fingerprint density at radius 1 is 1.64 bits per heavy atom. The third-order valence-corrected chi connectivity index (χ3v) is 2.13. The maximum absolute atomic E-state index is 10.4. The van der Waals surface area contributed by atoms with E-state index in [9.17, 15) is 4.79 Å². The van der Waals surface area contributed by atoms with Gasteiger partial charge in [0, 0.05) is 18.0 Å². The third-order valence-electron chi connectivity index (χ3n) is 2.13. The van der Waals surface area contributed by atoms with Gasteiger partial charge in [-0.2, -0.15) is 0 Å². The van der Waals surface area contributed by atoms with Crippen molar-refractivity contribution in [1.29, 1.82) is 0 Å². The van der Waals surface area contributed by atoms with Crippen LogP contribution in [0.25, 0.3) is 11.0 Å². The maximum atomic E-state index is 10.4. The van der Waals surface area contributed by atoms with Gasteiger partial charge in [-0.05, 0) is 11.6 Å². The van der Waals surface area contributed by atoms with E-state index in [2.05, 4.69) is 9.97 Å². The van der Waals surface area contributed by atoms with E-state index < -0.39 is 0 Å². The molecule has 14 heavy (non-hydrogen) atoms. The Balaban J connectivity index is 2.57. The number of rotatable bonds is 3. The lowest BCUT2D eigenvalue weighted by Crippen LogP contribution is -1.86. The van der Waals surface area contributed by atoms with Gasteiger partial charge in [-0.3, -0.25) is 0 Å². The van der Waals surface area contributed by atoms with Crippen molar-refractivity contribution in [3.8, 4) is 5.75 Å². The van der Waals surface area contributed by atoms with Gasteiger partial charge in [0.1, 0.15) is 17.7 Å². The highest BCUT2D eigenvalue weighted by Crippen LogP contribution is 2.21. The van der Waals surface area contributed by atoms with E-state index in [4.69, 9.17) is 4.74 Å². The molecular formula is C10H10N2O2. The van der Waals surface area contributed by atoms with Gasteiger partial charge in [-0.15, -0.1) is 0 Å². The van der Waals surface area contributed by atoms with E-state index in [0.29, 0.717) is 12.2 Å². The second-order valence-corrected chi connectivity index (χ2v) is 2.96. The lowest BCUT2D eigenvalue weighted by molar-refractivity contribution is -0.107. The highest BCUT2D eigenvalue weighted by atomic mass is 16.5. The fraction of sp³-hybridized carbons (Fsp3) is 0.200. The SMILES string of the molecule is COc1cnc2[nH]cc(CC=O)c2c1. The first-order valence-electron chi connectivity index (χ1n) is 4.29. The number of hydrogen-bond donors (Lipinski definition) is 1. The molecule has 2 aromatic heterocycles. The van der Waals surface area contributed by atoms with Crippen LogP contribution in [0.15, 0.2) is 18.5 Å². The molecule has 0 fully saturated rings. The Labute approximate surface area is 80.9 Å². The second-order valence-electron chi connectivity index (χ2n) is 2.96. The molecule has 0 aromatic carbocycles. The molecule has 0 radical (unpaired) electrons. The quantitative estimate of drug-likeness (QED) is 0.742. The smallest absolute Gasteiger partial charge is 0.137 e. The van der Waals surface area contributed by atoms with Crippen LogP contribution in [0.3, 0.4) is 0 Å². The Hall–Kier alpha value is -1.84. The van der Waals surface area contributed by atoms with Crippen molar-refractivity contribution in [2.75, 3.05) is 7.11 Å². The van der Waals surface area contributed by atoms with Gasteiger partial charge in [-0.25, -0.2) is 4.98 Å². The standard InChI is InChI=1S/C10H10N2O2/c1-14-8-4-9-7(2-3-13)5-11-10(9)12-6-8/h3-6H,2H2,1H3,(H,11,12). The molecule has 0 saturated heterocycles.